The number of unbranched alkanes of at least 4 members (excludes halogenated alkanes) is 2. The smallest absolute Gasteiger partial charge is 0.326 e. The van der Waals surface area contributed by atoms with Crippen LogP contribution in [0.1, 0.15) is 82.4 Å². The number of nitrogens with one attached hydrogen (secondary N) is 9. The van der Waals surface area contributed by atoms with Crippen LogP contribution in [0, 0.1) is 5.92 Å². The van der Waals surface area contributed by atoms with Crippen LogP contribution < -0.4 is 59.7 Å². The van der Waals surface area contributed by atoms with E-state index >= 15 is 0 Å². The van der Waals surface area contributed by atoms with Gasteiger partial charge >= 0.3 is 11.9 Å². The van der Waals surface area contributed by atoms with Gasteiger partial charge in [0.15, 0.2) is 0 Å². The van der Waals surface area contributed by atoms with Crippen molar-refractivity contribution < 1.29 is 58.2 Å². The molecule has 0 bridgehead atoms. The molecule has 8 amide bonds. The van der Waals surface area contributed by atoms with E-state index in [-0.39, 0.29) is 38.6 Å². The Morgan fingerprint density at radius 2 is 1.03 bits per heavy atom. The predicted octanol–water partition coefficient (Wildman–Crippen LogP) is -0.474. The number of carbonyl (C=O) groups is 10. The maximum absolute atomic E-state index is 14.2. The van der Waals surface area contributed by atoms with Crippen LogP contribution in [0.15, 0.2) is 91.1 Å². The average molecular weight is 1100 g/mol. The monoisotopic (exact) mass is 1100 g/mol. The van der Waals surface area contributed by atoms with Gasteiger partial charge < -0.3 is 74.9 Å². The fourth-order valence-electron chi connectivity index (χ4n) is 8.46. The molecule has 24 nitrogen and oxygen atoms in total. The molecule has 0 fully saturated rings. The highest BCUT2D eigenvalue weighted by molar-refractivity contribution is 5.98. The van der Waals surface area contributed by atoms with E-state index < -0.39 is 126 Å². The van der Waals surface area contributed by atoms with Crippen molar-refractivity contribution in [3.05, 3.63) is 108 Å². The van der Waals surface area contributed by atoms with E-state index in [4.69, 9.17) is 17.2 Å². The Labute approximate surface area is 458 Å². The first kappa shape index (κ1) is 63.3. The second-order valence-corrected chi connectivity index (χ2v) is 19.6. The van der Waals surface area contributed by atoms with Gasteiger partial charge in [0.1, 0.15) is 42.3 Å². The lowest BCUT2D eigenvalue weighted by molar-refractivity contribution is -0.143. The van der Waals surface area contributed by atoms with Crippen LogP contribution in [-0.4, -0.2) is 142 Å². The molecule has 0 radical (unpaired) electrons. The number of nitrogens with two attached hydrogens (primary N) is 3. The topological polar surface area (TPSA) is 401 Å². The molecule has 1 heterocycles. The Kier molecular flexibility index (Phi) is 26.0. The third-order valence-corrected chi connectivity index (χ3v) is 12.9. The van der Waals surface area contributed by atoms with E-state index in [2.05, 4.69) is 47.5 Å². The number of carboxylic acids is 2. The number of aromatic nitrogens is 1. The second kappa shape index (κ2) is 32.5. The molecular formula is C55H76N12O12. The number of amides is 8. The molecule has 4 aromatic rings. The van der Waals surface area contributed by atoms with Crippen LogP contribution in [0.4, 0.5) is 0 Å². The summed E-state index contributed by atoms with van der Waals surface area (Å²) in [5.41, 5.74) is 20.2. The Morgan fingerprint density at radius 3 is 1.61 bits per heavy atom. The first-order chi connectivity index (χ1) is 37.7. The van der Waals surface area contributed by atoms with Gasteiger partial charge in [-0.15, -0.1) is 0 Å². The summed E-state index contributed by atoms with van der Waals surface area (Å²) in [6.07, 6.45) is 2.77. The van der Waals surface area contributed by atoms with Gasteiger partial charge in [-0.2, -0.15) is 0 Å². The lowest BCUT2D eigenvalue weighted by atomic mass is 10.00. The van der Waals surface area contributed by atoms with Crippen LogP contribution in [0.3, 0.4) is 0 Å². The Balaban J connectivity index is 1.44. The Bertz CT molecular complexity index is 2690. The van der Waals surface area contributed by atoms with E-state index in [9.17, 15) is 58.2 Å². The largest absolute Gasteiger partial charge is 0.481 e. The summed E-state index contributed by atoms with van der Waals surface area (Å²) >= 11 is 0. The number of H-pyrrole nitrogens is 1. The van der Waals surface area contributed by atoms with Gasteiger partial charge in [-0.25, -0.2) is 4.79 Å². The highest BCUT2D eigenvalue weighted by Gasteiger charge is 2.35. The Morgan fingerprint density at radius 1 is 0.519 bits per heavy atom. The van der Waals surface area contributed by atoms with Gasteiger partial charge in [-0.3, -0.25) is 43.2 Å². The van der Waals surface area contributed by atoms with Gasteiger partial charge in [-0.05, 0) is 93.6 Å². The summed E-state index contributed by atoms with van der Waals surface area (Å²) in [6, 6.07) is 14.0. The molecule has 24 heteroatoms. The zero-order valence-corrected chi connectivity index (χ0v) is 44.8. The van der Waals surface area contributed by atoms with Crippen molar-refractivity contribution in [2.75, 3.05) is 19.6 Å². The summed E-state index contributed by atoms with van der Waals surface area (Å²) in [4.78, 5) is 137. The maximum Gasteiger partial charge on any atom is 0.326 e. The third-order valence-electron chi connectivity index (χ3n) is 12.9. The lowest BCUT2D eigenvalue weighted by Crippen LogP contribution is -2.60. The van der Waals surface area contributed by atoms with Crippen LogP contribution in [0.25, 0.3) is 10.9 Å². The molecule has 0 aliphatic carbocycles. The molecular weight excluding hydrogens is 1020 g/mol. The second-order valence-electron chi connectivity index (χ2n) is 19.6. The molecule has 0 spiro atoms. The van der Waals surface area contributed by atoms with E-state index in [1.807, 2.05) is 30.3 Å². The Hall–Kier alpha value is -8.22. The third kappa shape index (κ3) is 21.3. The van der Waals surface area contributed by atoms with Crippen LogP contribution in [0.5, 0.6) is 0 Å². The number of aliphatic carboxylic acids is 2. The highest BCUT2D eigenvalue weighted by Crippen LogP contribution is 2.20. The van der Waals surface area contributed by atoms with Crippen molar-refractivity contribution >= 4 is 70.1 Å². The van der Waals surface area contributed by atoms with Crippen molar-refractivity contribution in [2.24, 2.45) is 23.1 Å². The van der Waals surface area contributed by atoms with Gasteiger partial charge in [0.05, 0.1) is 19.0 Å². The lowest BCUT2D eigenvalue weighted by Gasteiger charge is -2.27. The normalized spacial score (nSPS) is 14.2. The molecule has 0 saturated carbocycles. The fourth-order valence-corrected chi connectivity index (χ4v) is 8.46. The number of hydrogen-bond donors (Lipinski definition) is 14. The SMILES string of the molecule is CC(C)[C@H](NC(=O)CNC(=O)[C@H](CCCCN)NC(=O)[C@H](C)NC(=O)[C@H](CCCCN)NC(=O)[C@@H](N)Cc1ccccc1)C(=O)N[C@@H](Cc1c[nH]c2ccccc12)C(=O)N[C@@H](CC(=O)O)C(=O)N[C@@H](Cc1ccccc1)C(=O)O. The average Bonchev–Trinajstić information content (AvgIpc) is 3.84. The van der Waals surface area contributed by atoms with Crippen LogP contribution in [0.2, 0.25) is 0 Å². The molecule has 17 N–H and O–H groups in total. The first-order valence-electron chi connectivity index (χ1n) is 26.3. The minimum Gasteiger partial charge on any atom is -0.481 e. The van der Waals surface area contributed by atoms with E-state index in [0.717, 1.165) is 5.56 Å². The van der Waals surface area contributed by atoms with Crippen molar-refractivity contribution in [3.63, 3.8) is 0 Å². The summed E-state index contributed by atoms with van der Waals surface area (Å²) < 4.78 is 0. The minimum atomic E-state index is -1.79. The summed E-state index contributed by atoms with van der Waals surface area (Å²) in [5, 5.41) is 40.7. The van der Waals surface area contributed by atoms with Crippen LogP contribution in [-0.2, 0) is 67.2 Å². The molecule has 0 unspecified atom stereocenters. The highest BCUT2D eigenvalue weighted by atomic mass is 16.4. The predicted molar refractivity (Wildman–Crippen MR) is 293 cm³/mol. The number of benzene rings is 3. The van der Waals surface area contributed by atoms with Gasteiger partial charge in [0.25, 0.3) is 0 Å². The van der Waals surface area contributed by atoms with Gasteiger partial charge in [0.2, 0.25) is 47.3 Å². The molecule has 428 valence electrons. The molecule has 79 heavy (non-hydrogen) atoms. The van der Waals surface area contributed by atoms with Gasteiger partial charge in [0, 0.05) is 29.9 Å². The van der Waals surface area contributed by atoms with E-state index in [0.29, 0.717) is 54.3 Å². The molecule has 1 aromatic heterocycles. The number of carboxylic acid groups (broad SMARTS) is 2. The molecule has 3 aromatic carbocycles. The molecule has 0 aliphatic rings. The summed E-state index contributed by atoms with van der Waals surface area (Å²) in [7, 11) is 0. The molecule has 8 atom stereocenters. The number of fused-ring (bicyclic) bond motifs is 1. The van der Waals surface area contributed by atoms with E-state index in [1.165, 1.54) is 6.92 Å². The van der Waals surface area contributed by atoms with E-state index in [1.54, 1.807) is 74.6 Å². The van der Waals surface area contributed by atoms with Crippen molar-refractivity contribution in [1.29, 1.82) is 0 Å². The maximum atomic E-state index is 14.2. The van der Waals surface area contributed by atoms with Crippen LogP contribution >= 0.6 is 0 Å². The number of rotatable bonds is 34. The summed E-state index contributed by atoms with van der Waals surface area (Å²) in [5.74, 6) is -10.1. The molecule has 4 rings (SSSR count). The van der Waals surface area contributed by atoms with Crippen molar-refractivity contribution in [2.45, 2.75) is 133 Å². The number of hydrogen-bond acceptors (Lipinski definition) is 13. The first-order valence-corrected chi connectivity index (χ1v) is 26.3. The molecule has 0 saturated heterocycles. The quantitative estimate of drug-likeness (QED) is 0.0263. The zero-order valence-electron chi connectivity index (χ0n) is 44.8. The zero-order chi connectivity index (χ0) is 58.0. The summed E-state index contributed by atoms with van der Waals surface area (Å²) in [6.45, 7) is 4.59. The standard InChI is InChI=1S/C55H76N12O12/c1-32(2)47(54(77)65-42(28-36-30-59-39-21-11-10-20-37(36)39)52(75)64-43(29-46(69)70)53(76)66-44(55(78)79)27-35-18-8-5-9-19-35)67-45(68)31-60-50(73)40(22-12-14-24-56)62-48(71)33(3)61-51(74)41(23-13-15-25-57)63-49(72)38(58)26-34-16-6-4-7-17-34/h4-11,16-21,30,32-33,38,40-44,47,59H,12-15,22-29,31,56-58H2,1-3H3,(H,60,73)(H,61,74)(H,62,71)(H,63,72)(H,64,75)(H,65,77)(H,66,76)(H,67,68)(H,69,70)(H,78,79)/t33-,38-,40-,41-,42-,43-,44-,47-/m0/s1. The number of aromatic amines is 1. The van der Waals surface area contributed by atoms with Gasteiger partial charge in [-0.1, -0.05) is 92.7 Å². The van der Waals surface area contributed by atoms with Crippen molar-refractivity contribution in [1.82, 2.24) is 47.5 Å². The number of carbonyl (C=O) groups excluding carboxylic acids is 8. The fraction of sp³-hybridized carbons (Fsp3) is 0.455. The molecule has 0 aliphatic heterocycles. The minimum absolute atomic E-state index is 0.0911. The number of para-hydroxylation sites is 1. The van der Waals surface area contributed by atoms with Crippen molar-refractivity contribution in [3.8, 4) is 0 Å².